The quantitative estimate of drug-likeness (QED) is 0.693. The van der Waals surface area contributed by atoms with Gasteiger partial charge in [-0.1, -0.05) is 6.92 Å². The van der Waals surface area contributed by atoms with Crippen molar-refractivity contribution in [3.05, 3.63) is 0 Å². The molecule has 15 heavy (non-hydrogen) atoms. The third-order valence-electron chi connectivity index (χ3n) is 3.03. The number of likely N-dealkylation sites (tertiary alicyclic amines) is 1. The van der Waals surface area contributed by atoms with E-state index in [1.807, 2.05) is 0 Å². The van der Waals surface area contributed by atoms with Crippen LogP contribution in [0.4, 0.5) is 0 Å². The molecule has 1 aliphatic rings. The molecule has 1 amide bonds. The fraction of sp³-hybridized carbons (Fsp3) is 0.909. The Labute approximate surface area is 91.4 Å². The molecule has 0 aromatic rings. The second-order valence-corrected chi connectivity index (χ2v) is 4.50. The molecule has 3 N–H and O–H groups in total. The molecule has 0 aromatic heterocycles. The maximum absolute atomic E-state index is 11.7. The molecule has 0 radical (unpaired) electrons. The molecule has 4 nitrogen and oxygen atoms in total. The lowest BCUT2D eigenvalue weighted by atomic mass is 10.0. The topological polar surface area (TPSA) is 66.6 Å². The second kappa shape index (κ2) is 6.08. The normalized spacial score (nSPS) is 23.1. The molecule has 0 spiro atoms. The smallest absolute Gasteiger partial charge is 0.222 e. The van der Waals surface area contributed by atoms with Gasteiger partial charge in [0.2, 0.25) is 5.91 Å². The van der Waals surface area contributed by atoms with Crippen molar-refractivity contribution in [3.8, 4) is 0 Å². The zero-order valence-electron chi connectivity index (χ0n) is 9.48. The molecular weight excluding hydrogens is 192 g/mol. The van der Waals surface area contributed by atoms with Crippen molar-refractivity contribution in [1.82, 2.24) is 4.90 Å². The van der Waals surface area contributed by atoms with Gasteiger partial charge in [0.05, 0.1) is 6.10 Å². The van der Waals surface area contributed by atoms with Crippen LogP contribution in [0.15, 0.2) is 0 Å². The van der Waals surface area contributed by atoms with Gasteiger partial charge in [0, 0.05) is 19.5 Å². The Morgan fingerprint density at radius 2 is 2.33 bits per heavy atom. The summed E-state index contributed by atoms with van der Waals surface area (Å²) >= 11 is 0. The lowest BCUT2D eigenvalue weighted by molar-refractivity contribution is -0.130. The van der Waals surface area contributed by atoms with Crippen LogP contribution >= 0.6 is 0 Å². The molecule has 2 atom stereocenters. The summed E-state index contributed by atoms with van der Waals surface area (Å²) in [5, 5.41) is 9.30. The maximum Gasteiger partial charge on any atom is 0.222 e. The number of rotatable bonds is 5. The molecule has 0 aromatic carbocycles. The summed E-state index contributed by atoms with van der Waals surface area (Å²) in [7, 11) is 0. The Kier molecular flexibility index (Phi) is 5.05. The van der Waals surface area contributed by atoms with Gasteiger partial charge >= 0.3 is 0 Å². The van der Waals surface area contributed by atoms with Crippen molar-refractivity contribution in [1.29, 1.82) is 0 Å². The van der Waals surface area contributed by atoms with Crippen LogP contribution in [0.25, 0.3) is 0 Å². The Morgan fingerprint density at radius 1 is 1.60 bits per heavy atom. The predicted octanol–water partition coefficient (Wildman–Crippen LogP) is 0.345. The van der Waals surface area contributed by atoms with Gasteiger partial charge < -0.3 is 15.7 Å². The highest BCUT2D eigenvalue weighted by molar-refractivity contribution is 5.76. The molecule has 1 fully saturated rings. The summed E-state index contributed by atoms with van der Waals surface area (Å²) in [6, 6.07) is 0. The van der Waals surface area contributed by atoms with E-state index in [0.717, 1.165) is 19.3 Å². The SMILES string of the molecule is CC(CCN)CCC(=O)N1CCC(O)C1. The van der Waals surface area contributed by atoms with Crippen LogP contribution in [0.5, 0.6) is 0 Å². The Morgan fingerprint density at radius 3 is 2.87 bits per heavy atom. The summed E-state index contributed by atoms with van der Waals surface area (Å²) in [5.74, 6) is 0.696. The highest BCUT2D eigenvalue weighted by atomic mass is 16.3. The first-order chi connectivity index (χ1) is 7.13. The molecule has 0 bridgehead atoms. The standard InChI is InChI=1S/C11H22N2O2/c1-9(4-6-12)2-3-11(15)13-7-5-10(14)8-13/h9-10,14H,2-8,12H2,1H3. The number of aliphatic hydroxyl groups excluding tert-OH is 1. The summed E-state index contributed by atoms with van der Waals surface area (Å²) in [4.78, 5) is 13.4. The van der Waals surface area contributed by atoms with Gasteiger partial charge in [0.15, 0.2) is 0 Å². The van der Waals surface area contributed by atoms with E-state index in [-0.39, 0.29) is 12.0 Å². The van der Waals surface area contributed by atoms with Crippen LogP contribution in [-0.4, -0.2) is 41.7 Å². The first kappa shape index (κ1) is 12.5. The molecule has 2 unspecified atom stereocenters. The van der Waals surface area contributed by atoms with Crippen LogP contribution in [0, 0.1) is 5.92 Å². The zero-order valence-corrected chi connectivity index (χ0v) is 9.48. The first-order valence-electron chi connectivity index (χ1n) is 5.79. The molecule has 1 rings (SSSR count). The minimum absolute atomic E-state index is 0.176. The third-order valence-corrected chi connectivity index (χ3v) is 3.03. The van der Waals surface area contributed by atoms with Crippen molar-refractivity contribution >= 4 is 5.91 Å². The molecular formula is C11H22N2O2. The Bertz CT molecular complexity index is 209. The van der Waals surface area contributed by atoms with Gasteiger partial charge in [-0.15, -0.1) is 0 Å². The molecule has 88 valence electrons. The van der Waals surface area contributed by atoms with Crippen molar-refractivity contribution < 1.29 is 9.90 Å². The molecule has 0 aliphatic carbocycles. The second-order valence-electron chi connectivity index (χ2n) is 4.50. The van der Waals surface area contributed by atoms with Gasteiger partial charge in [0.25, 0.3) is 0 Å². The predicted molar refractivity (Wildman–Crippen MR) is 59.3 cm³/mol. The number of aliphatic hydroxyl groups is 1. The molecule has 1 heterocycles. The van der Waals surface area contributed by atoms with E-state index in [1.54, 1.807) is 4.90 Å². The minimum Gasteiger partial charge on any atom is -0.391 e. The highest BCUT2D eigenvalue weighted by Gasteiger charge is 2.24. The van der Waals surface area contributed by atoms with E-state index >= 15 is 0 Å². The van der Waals surface area contributed by atoms with Crippen LogP contribution in [-0.2, 0) is 4.79 Å². The molecule has 1 aliphatic heterocycles. The minimum atomic E-state index is -0.310. The number of β-amino-alcohol motifs (C(OH)–C–C–N with tert-alkyl or cyclic N) is 1. The third kappa shape index (κ3) is 4.18. The van der Waals surface area contributed by atoms with Gasteiger partial charge in [0.1, 0.15) is 0 Å². The lowest BCUT2D eigenvalue weighted by Crippen LogP contribution is -2.29. The number of nitrogens with two attached hydrogens (primary N) is 1. The first-order valence-corrected chi connectivity index (χ1v) is 5.79. The number of amides is 1. The number of hydrogen-bond acceptors (Lipinski definition) is 3. The van der Waals surface area contributed by atoms with Crippen molar-refractivity contribution in [3.63, 3.8) is 0 Å². The van der Waals surface area contributed by atoms with Gasteiger partial charge in [-0.25, -0.2) is 0 Å². The average Bonchev–Trinajstić information content (AvgIpc) is 2.62. The Balaban J connectivity index is 2.18. The summed E-state index contributed by atoms with van der Waals surface area (Å²) in [6.45, 7) is 4.05. The van der Waals surface area contributed by atoms with Crippen molar-refractivity contribution in [2.24, 2.45) is 11.7 Å². The van der Waals surface area contributed by atoms with Crippen LogP contribution in [0.3, 0.4) is 0 Å². The number of nitrogens with zero attached hydrogens (tertiary/aromatic N) is 1. The fourth-order valence-electron chi connectivity index (χ4n) is 1.93. The van der Waals surface area contributed by atoms with Gasteiger partial charge in [-0.2, -0.15) is 0 Å². The number of hydrogen-bond donors (Lipinski definition) is 2. The number of carbonyl (C=O) groups is 1. The monoisotopic (exact) mass is 214 g/mol. The average molecular weight is 214 g/mol. The van der Waals surface area contributed by atoms with Crippen LogP contribution in [0.2, 0.25) is 0 Å². The molecule has 0 saturated carbocycles. The van der Waals surface area contributed by atoms with Crippen LogP contribution < -0.4 is 5.73 Å². The maximum atomic E-state index is 11.7. The van der Waals surface area contributed by atoms with Crippen LogP contribution in [0.1, 0.15) is 32.6 Å². The fourth-order valence-corrected chi connectivity index (χ4v) is 1.93. The lowest BCUT2D eigenvalue weighted by Gasteiger charge is -2.16. The van der Waals surface area contributed by atoms with E-state index in [9.17, 15) is 9.90 Å². The molecule has 1 saturated heterocycles. The van der Waals surface area contributed by atoms with E-state index < -0.39 is 0 Å². The van der Waals surface area contributed by atoms with Gasteiger partial charge in [-0.3, -0.25) is 4.79 Å². The largest absolute Gasteiger partial charge is 0.391 e. The van der Waals surface area contributed by atoms with E-state index in [2.05, 4.69) is 6.92 Å². The van der Waals surface area contributed by atoms with E-state index in [1.165, 1.54) is 0 Å². The van der Waals surface area contributed by atoms with Gasteiger partial charge in [-0.05, 0) is 31.7 Å². The highest BCUT2D eigenvalue weighted by Crippen LogP contribution is 2.14. The van der Waals surface area contributed by atoms with E-state index in [0.29, 0.717) is 32.0 Å². The van der Waals surface area contributed by atoms with Crippen molar-refractivity contribution in [2.45, 2.75) is 38.7 Å². The molecule has 4 heteroatoms. The van der Waals surface area contributed by atoms with Crippen molar-refractivity contribution in [2.75, 3.05) is 19.6 Å². The summed E-state index contributed by atoms with van der Waals surface area (Å²) in [6.07, 6.45) is 2.90. The zero-order chi connectivity index (χ0) is 11.3. The summed E-state index contributed by atoms with van der Waals surface area (Å²) < 4.78 is 0. The Hall–Kier alpha value is -0.610. The summed E-state index contributed by atoms with van der Waals surface area (Å²) in [5.41, 5.74) is 5.45. The number of carbonyl (C=O) groups excluding carboxylic acids is 1. The van der Waals surface area contributed by atoms with E-state index in [4.69, 9.17) is 5.73 Å².